The Labute approximate surface area is 764 Å². The third kappa shape index (κ3) is 16.4. The van der Waals surface area contributed by atoms with Crippen LogP contribution in [-0.4, -0.2) is 37.8 Å². The van der Waals surface area contributed by atoms with Crippen LogP contribution in [0.1, 0.15) is 0 Å². The molecular weight excluding hydrogens is 2290 g/mol. The molecule has 0 saturated heterocycles. The van der Waals surface area contributed by atoms with E-state index in [4.69, 9.17) is 4.98 Å². The fraction of sp³-hybridized carbons (Fsp3) is 0.0196. The zero-order valence-corrected chi connectivity index (χ0v) is 78.9. The molecule has 19 aromatic rings. The minimum absolute atomic E-state index is 0. The zero-order valence-electron chi connectivity index (χ0n) is 65.7. The SMILES string of the molecule is CN1C=CN(c2[c-]ccc(P(=O)(c3ccccc3)c3ccccc3)c2)[CH-]1.CN1[CH-]N(c2[c-]ccc(P(=O)(c3ccccc3)c3ccccc3)c2)c2ccccc21.O=P(c1ccccc1)(c1ccccc1)c1cc[c-]c2c1c1ccccc1n1ccnc21.O=P(c1ccccc1)(c1ccccc1)c1cnc2c3[c-]cccc3c3ccccc3n12.[Ir].[Ir].[Ir].[Ir]. The molecule has 12 nitrogen and oxygen atoms in total. The summed E-state index contributed by atoms with van der Waals surface area (Å²) in [7, 11) is -8.29. The summed E-state index contributed by atoms with van der Waals surface area (Å²) in [4.78, 5) is 17.5. The predicted molar refractivity (Wildman–Crippen MR) is 491 cm³/mol. The Balaban J connectivity index is 0.000000132. The molecular formula is C102H76Ir4N8O4P4-6. The Kier molecular flexibility index (Phi) is 27.5. The molecule has 0 aliphatic carbocycles. The van der Waals surface area contributed by atoms with Crippen LogP contribution in [0.5, 0.6) is 0 Å². The number of aromatic nitrogens is 4. The third-order valence-corrected chi connectivity index (χ3v) is 33.8. The number of anilines is 4. The van der Waals surface area contributed by atoms with Crippen molar-refractivity contribution >= 4 is 170 Å². The van der Waals surface area contributed by atoms with E-state index >= 15 is 9.13 Å². The zero-order chi connectivity index (χ0) is 80.2. The van der Waals surface area contributed by atoms with Gasteiger partial charge in [0.2, 0.25) is 0 Å². The van der Waals surface area contributed by atoms with E-state index in [9.17, 15) is 9.13 Å². The van der Waals surface area contributed by atoms with E-state index in [1.807, 2.05) is 396 Å². The van der Waals surface area contributed by atoms with Crippen LogP contribution < -0.4 is 78.5 Å². The van der Waals surface area contributed by atoms with Crippen molar-refractivity contribution < 1.29 is 98.7 Å². The molecule has 0 N–H and O–H groups in total. The number of hydrogen-bond acceptors (Lipinski definition) is 10. The average Bonchev–Trinajstić information content (AvgIpc) is 1.49. The molecule has 0 atom stereocenters. The normalized spacial score (nSPS) is 12.4. The number of nitrogens with zero attached hydrogens (tertiary/aromatic N) is 8. The Morgan fingerprint density at radius 1 is 0.328 bits per heavy atom. The van der Waals surface area contributed by atoms with Crippen LogP contribution in [0, 0.1) is 37.6 Å². The van der Waals surface area contributed by atoms with Crippen LogP contribution >= 0.6 is 28.6 Å². The monoisotopic (exact) mass is 2370 g/mol. The fourth-order valence-corrected chi connectivity index (χ4v) is 26.9. The summed E-state index contributed by atoms with van der Waals surface area (Å²) in [5.41, 5.74) is 8.29. The van der Waals surface area contributed by atoms with Gasteiger partial charge >= 0.3 is 0 Å². The van der Waals surface area contributed by atoms with Crippen molar-refractivity contribution in [1.82, 2.24) is 23.7 Å². The molecule has 122 heavy (non-hydrogen) atoms. The van der Waals surface area contributed by atoms with Crippen LogP contribution in [0.15, 0.2) is 413 Å². The van der Waals surface area contributed by atoms with E-state index in [-0.39, 0.29) is 80.4 Å². The van der Waals surface area contributed by atoms with Crippen LogP contribution in [0.25, 0.3) is 54.6 Å². The van der Waals surface area contributed by atoms with Crippen molar-refractivity contribution in [3.63, 3.8) is 0 Å². The molecule has 4 aromatic heterocycles. The number of benzene rings is 15. The summed E-state index contributed by atoms with van der Waals surface area (Å²) >= 11 is 0. The number of imidazole rings is 2. The largest absolute Gasteiger partial charge is 0.510 e. The van der Waals surface area contributed by atoms with Crippen molar-refractivity contribution in [2.45, 2.75) is 0 Å². The Morgan fingerprint density at radius 3 is 1.24 bits per heavy atom. The van der Waals surface area contributed by atoms with Crippen LogP contribution in [0.4, 0.5) is 22.7 Å². The van der Waals surface area contributed by atoms with Gasteiger partial charge in [0, 0.05) is 164 Å². The second-order valence-corrected chi connectivity index (χ2v) is 39.5. The Hall–Kier alpha value is -10.8. The second kappa shape index (κ2) is 38.3. The average molecular weight is 2370 g/mol. The quantitative estimate of drug-likeness (QED) is 0.0592. The van der Waals surface area contributed by atoms with Crippen molar-refractivity contribution in [3.8, 4) is 0 Å². The molecule has 610 valence electrons. The molecule has 2 aliphatic rings. The van der Waals surface area contributed by atoms with Gasteiger partial charge in [0.05, 0.1) is 11.3 Å². The molecule has 21 rings (SSSR count). The third-order valence-electron chi connectivity index (χ3n) is 21.5. The first kappa shape index (κ1) is 87.5. The molecule has 0 amide bonds. The first-order valence-corrected chi connectivity index (χ1v) is 45.5. The maximum absolute atomic E-state index is 15.1. The van der Waals surface area contributed by atoms with Crippen molar-refractivity contribution in [2.75, 3.05) is 28.8 Å². The smallest absolute Gasteiger partial charge is 0.187 e. The number of pyridine rings is 2. The Bertz CT molecular complexity index is 6930. The van der Waals surface area contributed by atoms with Gasteiger partial charge in [-0.05, 0) is 61.5 Å². The van der Waals surface area contributed by atoms with Gasteiger partial charge in [-0.1, -0.05) is 323 Å². The number of fused-ring (bicyclic) bond motifs is 13. The first-order valence-electron chi connectivity index (χ1n) is 38.7. The molecule has 0 saturated carbocycles. The van der Waals surface area contributed by atoms with Crippen molar-refractivity contribution in [1.29, 1.82) is 0 Å². The summed E-state index contributed by atoms with van der Waals surface area (Å²) in [5, 5.41) is 15.0. The van der Waals surface area contributed by atoms with Gasteiger partial charge in [-0.2, -0.15) is 49.7 Å². The molecule has 6 heterocycles. The van der Waals surface area contributed by atoms with E-state index in [1.165, 1.54) is 0 Å². The minimum Gasteiger partial charge on any atom is -0.510 e. The molecule has 20 heteroatoms. The fourth-order valence-electron chi connectivity index (χ4n) is 15.9. The van der Waals surface area contributed by atoms with E-state index in [0.29, 0.717) is 5.44 Å². The maximum atomic E-state index is 15.1. The Morgan fingerprint density at radius 2 is 0.738 bits per heavy atom. The van der Waals surface area contributed by atoms with Crippen LogP contribution in [-0.2, 0) is 98.7 Å². The summed E-state index contributed by atoms with van der Waals surface area (Å²) < 4.78 is 63.3. The van der Waals surface area contributed by atoms with Gasteiger partial charge < -0.3 is 46.7 Å². The molecule has 0 unspecified atom stereocenters. The molecule has 4 radical (unpaired) electrons. The summed E-state index contributed by atoms with van der Waals surface area (Å²) in [6.07, 6.45) is 9.48. The molecule has 2 aliphatic heterocycles. The van der Waals surface area contributed by atoms with Gasteiger partial charge in [-0.25, -0.2) is 0 Å². The van der Waals surface area contributed by atoms with Crippen molar-refractivity contribution in [2.24, 2.45) is 0 Å². The number of rotatable bonds is 14. The van der Waals surface area contributed by atoms with E-state index in [0.717, 1.165) is 136 Å². The minimum atomic E-state index is -3.17. The van der Waals surface area contributed by atoms with Crippen LogP contribution in [0.2, 0.25) is 0 Å². The van der Waals surface area contributed by atoms with Gasteiger partial charge in [-0.3, -0.25) is 9.97 Å². The maximum Gasteiger partial charge on any atom is 0.187 e. The van der Waals surface area contributed by atoms with Crippen LogP contribution in [0.3, 0.4) is 0 Å². The first-order chi connectivity index (χ1) is 57.9. The van der Waals surface area contributed by atoms with Gasteiger partial charge in [-0.15, -0.1) is 71.4 Å². The molecule has 0 bridgehead atoms. The van der Waals surface area contributed by atoms with Gasteiger partial charge in [0.25, 0.3) is 0 Å². The molecule has 15 aromatic carbocycles. The van der Waals surface area contributed by atoms with E-state index in [2.05, 4.69) is 90.3 Å². The van der Waals surface area contributed by atoms with E-state index in [1.54, 1.807) is 12.4 Å². The van der Waals surface area contributed by atoms with Gasteiger partial charge in [0.1, 0.15) is 19.7 Å². The molecule has 0 fully saturated rings. The summed E-state index contributed by atoms with van der Waals surface area (Å²) in [5.74, 6) is 0. The molecule has 0 spiro atoms. The summed E-state index contributed by atoms with van der Waals surface area (Å²) in [6.45, 7) is 4.00. The number of para-hydroxylation sites is 4. The van der Waals surface area contributed by atoms with Gasteiger partial charge in [0.15, 0.2) is 14.3 Å². The number of hydrogen-bond donors (Lipinski definition) is 0. The topological polar surface area (TPSA) is 116 Å². The standard InChI is InChI=1S/2C27H18N2OP.C26H21N2OP.C22H19N2OP.4Ir/c30-31(20-11-3-1-4-12-20,21-13-5-2-6-14-21)26-19-28-27-24-17-8-7-15-22(24)23-16-9-10-18-25(23)29(26)27;30-31(20-10-3-1-4-11-20,21-12-5-2-6-13-21)25-17-9-15-23-26(25)22-14-7-8-16-24(22)29-19-18-28-27(23)29;1-27-20-28(26-18-9-8-17-25(26)27)21-11-10-16-24(19-21)30(29,22-12-4-2-5-13-22)23-14-6-3-7-15-23;1-23-15-16-24(18-23)19-9-8-14-22(17-19)26(25,20-10-4-2-5-11-20)21-12-6-3-7-13-21;;;;/h1-16,18-19H;1-14,16-19H;2-10,12-20H,1H3;2-8,10-18H,1H3;;;;/q2*-1;2*-2;;;;. The van der Waals surface area contributed by atoms with E-state index < -0.39 is 28.6 Å². The van der Waals surface area contributed by atoms with Crippen molar-refractivity contribution in [3.05, 3.63) is 451 Å². The predicted octanol–water partition coefficient (Wildman–Crippen LogP) is 18.5. The summed E-state index contributed by atoms with van der Waals surface area (Å²) in [6, 6.07) is 137. The second-order valence-electron chi connectivity index (χ2n) is 28.6.